The average molecular weight is 596 g/mol. The number of amides is 3. The van der Waals surface area contributed by atoms with Crippen LogP contribution in [-0.2, 0) is 30.5 Å². The van der Waals surface area contributed by atoms with Crippen LogP contribution >= 0.6 is 23.2 Å². The molecule has 3 aromatic rings. The van der Waals surface area contributed by atoms with Crippen molar-refractivity contribution < 1.29 is 28.3 Å². The molecule has 2 heterocycles. The van der Waals surface area contributed by atoms with Gasteiger partial charge in [-0.2, -0.15) is 0 Å². The molecule has 0 aliphatic carbocycles. The van der Waals surface area contributed by atoms with E-state index in [1.54, 1.807) is 26.0 Å². The van der Waals surface area contributed by atoms with Gasteiger partial charge in [0.25, 0.3) is 5.91 Å². The van der Waals surface area contributed by atoms with Gasteiger partial charge in [-0.15, -0.1) is 0 Å². The zero-order chi connectivity index (χ0) is 29.8. The van der Waals surface area contributed by atoms with Crippen molar-refractivity contribution in [3.8, 4) is 0 Å². The fourth-order valence-electron chi connectivity index (χ4n) is 4.23. The van der Waals surface area contributed by atoms with Crippen LogP contribution in [0.5, 0.6) is 0 Å². The predicted molar refractivity (Wildman–Crippen MR) is 156 cm³/mol. The van der Waals surface area contributed by atoms with Crippen LogP contribution in [0.3, 0.4) is 0 Å². The van der Waals surface area contributed by atoms with E-state index in [4.69, 9.17) is 32.4 Å². The van der Waals surface area contributed by atoms with Gasteiger partial charge in [-0.25, -0.2) is 4.79 Å². The van der Waals surface area contributed by atoms with Crippen LogP contribution in [0.15, 0.2) is 69.8 Å². The molecule has 2 N–H and O–H groups in total. The highest BCUT2D eigenvalue weighted by atomic mass is 35.5. The fraction of sp³-hybridized carbons (Fsp3) is 0.200. The molecule has 3 amide bonds. The number of ether oxygens (including phenoxy) is 1. The molecule has 212 valence electrons. The maximum atomic E-state index is 13.6. The molecule has 1 aromatic heterocycles. The number of hydrogen-bond donors (Lipinski definition) is 2. The molecule has 41 heavy (non-hydrogen) atoms. The summed E-state index contributed by atoms with van der Waals surface area (Å²) >= 11 is 11.8. The Morgan fingerprint density at radius 3 is 2.32 bits per heavy atom. The van der Waals surface area contributed by atoms with E-state index in [1.807, 2.05) is 32.0 Å². The highest BCUT2D eigenvalue weighted by molar-refractivity contribution is 6.40. The van der Waals surface area contributed by atoms with Gasteiger partial charge in [-0.3, -0.25) is 19.3 Å². The Balaban J connectivity index is 1.51. The fourth-order valence-corrected chi connectivity index (χ4v) is 4.75. The average Bonchev–Trinajstić information content (AvgIpc) is 3.45. The number of nitrogens with one attached hydrogen (secondary N) is 2. The first-order valence-corrected chi connectivity index (χ1v) is 13.4. The van der Waals surface area contributed by atoms with Crippen molar-refractivity contribution >= 4 is 64.3 Å². The smallest absolute Gasteiger partial charge is 0.340 e. The van der Waals surface area contributed by atoms with Gasteiger partial charge in [0.1, 0.15) is 11.5 Å². The molecule has 11 heteroatoms. The van der Waals surface area contributed by atoms with Gasteiger partial charge >= 0.3 is 17.8 Å². The first-order valence-electron chi connectivity index (χ1n) is 12.6. The number of carbonyl (C=O) groups is 4. The summed E-state index contributed by atoms with van der Waals surface area (Å²) in [6, 6.07) is 13.2. The van der Waals surface area contributed by atoms with Gasteiger partial charge in [0.2, 0.25) is 0 Å². The van der Waals surface area contributed by atoms with E-state index < -0.39 is 23.7 Å². The molecule has 0 bridgehead atoms. The first kappa shape index (κ1) is 29.6. The maximum absolute atomic E-state index is 13.6. The summed E-state index contributed by atoms with van der Waals surface area (Å²) < 4.78 is 11.0. The number of benzene rings is 2. The van der Waals surface area contributed by atoms with Crippen LogP contribution in [0.4, 0.5) is 11.4 Å². The molecule has 0 spiro atoms. The zero-order valence-corrected chi connectivity index (χ0v) is 24.3. The van der Waals surface area contributed by atoms with E-state index in [9.17, 15) is 19.2 Å². The van der Waals surface area contributed by atoms with Crippen molar-refractivity contribution in [3.63, 3.8) is 0 Å². The Morgan fingerprint density at radius 2 is 1.66 bits per heavy atom. The first-order chi connectivity index (χ1) is 19.5. The lowest BCUT2D eigenvalue weighted by molar-refractivity contribution is -0.138. The van der Waals surface area contributed by atoms with Crippen molar-refractivity contribution in [2.24, 2.45) is 0 Å². The SMILES string of the molecule is CCOC(=O)C1=C(C)N(c2ccc(C)c(C)c2)C(=O)/C1=C/c1ccc(CNC(=O)C(=O)Nc2cc(Cl)cc(Cl)c2)o1. The lowest BCUT2D eigenvalue weighted by Crippen LogP contribution is -2.34. The predicted octanol–water partition coefficient (Wildman–Crippen LogP) is 5.73. The van der Waals surface area contributed by atoms with Crippen molar-refractivity contribution in [2.45, 2.75) is 34.2 Å². The molecule has 0 saturated carbocycles. The molecule has 1 aliphatic heterocycles. The van der Waals surface area contributed by atoms with E-state index in [1.165, 1.54) is 29.2 Å². The Bertz CT molecular complexity index is 1600. The lowest BCUT2D eigenvalue weighted by Gasteiger charge is -2.19. The second-order valence-electron chi connectivity index (χ2n) is 9.25. The van der Waals surface area contributed by atoms with E-state index >= 15 is 0 Å². The van der Waals surface area contributed by atoms with Crippen LogP contribution in [-0.4, -0.2) is 30.3 Å². The summed E-state index contributed by atoms with van der Waals surface area (Å²) in [6.07, 6.45) is 1.46. The van der Waals surface area contributed by atoms with E-state index in [0.717, 1.165) is 11.1 Å². The van der Waals surface area contributed by atoms with E-state index in [-0.39, 0.29) is 35.7 Å². The number of esters is 1. The minimum Gasteiger partial charge on any atom is -0.462 e. The summed E-state index contributed by atoms with van der Waals surface area (Å²) in [6.45, 7) is 7.33. The molecule has 0 radical (unpaired) electrons. The number of carbonyl (C=O) groups excluding carboxylic acids is 4. The molecular weight excluding hydrogens is 569 g/mol. The number of rotatable bonds is 7. The van der Waals surface area contributed by atoms with Crippen LogP contribution in [0.1, 0.15) is 36.5 Å². The monoisotopic (exact) mass is 595 g/mol. The third kappa shape index (κ3) is 6.70. The quantitative estimate of drug-likeness (QED) is 0.205. The second-order valence-corrected chi connectivity index (χ2v) is 10.1. The van der Waals surface area contributed by atoms with Crippen molar-refractivity contribution in [3.05, 3.63) is 98.1 Å². The Kier molecular flexibility index (Phi) is 9.00. The molecule has 0 unspecified atom stereocenters. The molecule has 0 fully saturated rings. The minimum atomic E-state index is -0.917. The topological polar surface area (TPSA) is 118 Å². The van der Waals surface area contributed by atoms with Crippen molar-refractivity contribution in [2.75, 3.05) is 16.8 Å². The van der Waals surface area contributed by atoms with Gasteiger partial charge in [0, 0.05) is 27.1 Å². The Hall–Kier alpha value is -4.34. The largest absolute Gasteiger partial charge is 0.462 e. The normalized spacial score (nSPS) is 14.0. The van der Waals surface area contributed by atoms with Crippen LogP contribution < -0.4 is 15.5 Å². The number of furan rings is 1. The van der Waals surface area contributed by atoms with E-state index in [2.05, 4.69) is 10.6 Å². The highest BCUT2D eigenvalue weighted by Gasteiger charge is 2.38. The maximum Gasteiger partial charge on any atom is 0.340 e. The summed E-state index contributed by atoms with van der Waals surface area (Å²) in [5.74, 6) is -2.26. The third-order valence-corrected chi connectivity index (χ3v) is 6.78. The standard InChI is InChI=1S/C30H27Cl2N3O6/c1-5-40-30(39)26-18(4)35(22-7-6-16(2)17(3)10-22)29(38)25(26)14-23-8-9-24(41-23)15-33-27(36)28(37)34-21-12-19(31)11-20(32)13-21/h6-14H,5,15H2,1-4H3,(H,33,36)(H,34,37)/b25-14+. The molecule has 2 aromatic carbocycles. The van der Waals surface area contributed by atoms with Crippen LogP contribution in [0.25, 0.3) is 6.08 Å². The number of aryl methyl sites for hydroxylation is 2. The minimum absolute atomic E-state index is 0.103. The summed E-state index contributed by atoms with van der Waals surface area (Å²) in [5, 5.41) is 5.49. The van der Waals surface area contributed by atoms with Gasteiger partial charge in [-0.05, 0) is 87.4 Å². The summed E-state index contributed by atoms with van der Waals surface area (Å²) in [4.78, 5) is 52.5. The van der Waals surface area contributed by atoms with Crippen LogP contribution in [0, 0.1) is 13.8 Å². The summed E-state index contributed by atoms with van der Waals surface area (Å²) in [5.41, 5.74) is 3.66. The van der Waals surface area contributed by atoms with Gasteiger partial charge < -0.3 is 19.8 Å². The second kappa shape index (κ2) is 12.4. The third-order valence-electron chi connectivity index (χ3n) is 6.35. The number of hydrogen-bond acceptors (Lipinski definition) is 6. The molecule has 4 rings (SSSR count). The number of halogens is 2. The zero-order valence-electron chi connectivity index (χ0n) is 22.8. The van der Waals surface area contributed by atoms with Gasteiger partial charge in [-0.1, -0.05) is 29.3 Å². The number of allylic oxidation sites excluding steroid dienone is 1. The van der Waals surface area contributed by atoms with Gasteiger partial charge in [0.05, 0.1) is 24.3 Å². The van der Waals surface area contributed by atoms with E-state index in [0.29, 0.717) is 27.2 Å². The molecule has 0 saturated heterocycles. The molecular formula is C30H27Cl2N3O6. The lowest BCUT2D eigenvalue weighted by atomic mass is 10.1. The molecule has 1 aliphatic rings. The van der Waals surface area contributed by atoms with Crippen LogP contribution in [0.2, 0.25) is 10.0 Å². The highest BCUT2D eigenvalue weighted by Crippen LogP contribution is 2.36. The summed E-state index contributed by atoms with van der Waals surface area (Å²) in [7, 11) is 0. The van der Waals surface area contributed by atoms with Crippen molar-refractivity contribution in [1.29, 1.82) is 0 Å². The number of nitrogens with zero attached hydrogens (tertiary/aromatic N) is 1. The Labute approximate surface area is 246 Å². The number of anilines is 2. The molecule has 9 nitrogen and oxygen atoms in total. The Morgan fingerprint density at radius 1 is 0.951 bits per heavy atom. The van der Waals surface area contributed by atoms with Gasteiger partial charge in [0.15, 0.2) is 0 Å². The molecule has 0 atom stereocenters. The van der Waals surface area contributed by atoms with Crippen molar-refractivity contribution in [1.82, 2.24) is 5.32 Å².